The summed E-state index contributed by atoms with van der Waals surface area (Å²) in [6.07, 6.45) is 1.77. The van der Waals surface area contributed by atoms with Gasteiger partial charge < -0.3 is 5.73 Å². The largest absolute Gasteiger partial charge is 0.324 e. The first kappa shape index (κ1) is 8.68. The highest BCUT2D eigenvalue weighted by Gasteiger charge is 2.07. The molecule has 1 heterocycles. The van der Waals surface area contributed by atoms with Crippen molar-refractivity contribution >= 4 is 15.9 Å². The first-order valence-electron chi connectivity index (χ1n) is 3.49. The Labute approximate surface area is 75.0 Å². The molecule has 0 spiro atoms. The number of pyridine rings is 1. The van der Waals surface area contributed by atoms with Crippen LogP contribution < -0.4 is 5.73 Å². The summed E-state index contributed by atoms with van der Waals surface area (Å²) in [4.78, 5) is 4.10. The Morgan fingerprint density at radius 3 is 2.64 bits per heavy atom. The normalized spacial score (nSPS) is 13.1. The minimum absolute atomic E-state index is 0.0399. The molecular formula is C8H11BrN2. The minimum atomic E-state index is 0.0399. The van der Waals surface area contributed by atoms with Gasteiger partial charge in [0.2, 0.25) is 0 Å². The third kappa shape index (κ3) is 1.79. The zero-order valence-electron chi connectivity index (χ0n) is 6.63. The lowest BCUT2D eigenvalue weighted by molar-refractivity contribution is 0.795. The molecule has 2 N–H and O–H groups in total. The summed E-state index contributed by atoms with van der Waals surface area (Å²) < 4.78 is 0.854. The lowest BCUT2D eigenvalue weighted by Crippen LogP contribution is -2.08. The van der Waals surface area contributed by atoms with Crippen molar-refractivity contribution in [2.45, 2.75) is 19.9 Å². The molecule has 0 amide bonds. The summed E-state index contributed by atoms with van der Waals surface area (Å²) in [7, 11) is 0. The Hall–Kier alpha value is -0.410. The predicted molar refractivity (Wildman–Crippen MR) is 49.3 cm³/mol. The molecule has 0 aliphatic heterocycles. The van der Waals surface area contributed by atoms with Crippen LogP contribution in [0.3, 0.4) is 0 Å². The summed E-state index contributed by atoms with van der Waals surface area (Å²) in [5, 5.41) is 0. The number of halogens is 1. The molecule has 2 nitrogen and oxygen atoms in total. The zero-order chi connectivity index (χ0) is 8.43. The number of nitrogens with zero attached hydrogens (tertiary/aromatic N) is 1. The van der Waals surface area contributed by atoms with Crippen molar-refractivity contribution in [3.63, 3.8) is 0 Å². The third-order valence-electron chi connectivity index (χ3n) is 1.61. The van der Waals surface area contributed by atoms with E-state index in [1.807, 2.05) is 19.9 Å². The fourth-order valence-corrected chi connectivity index (χ4v) is 1.88. The van der Waals surface area contributed by atoms with Crippen molar-refractivity contribution in [2.24, 2.45) is 5.73 Å². The molecule has 3 heteroatoms. The summed E-state index contributed by atoms with van der Waals surface area (Å²) in [5.41, 5.74) is 8.02. The smallest absolute Gasteiger partial charge is 0.111 e. The fraction of sp³-hybridized carbons (Fsp3) is 0.375. The van der Waals surface area contributed by atoms with Crippen molar-refractivity contribution in [1.82, 2.24) is 4.98 Å². The quantitative estimate of drug-likeness (QED) is 0.729. The molecule has 0 aliphatic rings. The van der Waals surface area contributed by atoms with Gasteiger partial charge in [-0.25, -0.2) is 4.98 Å². The summed E-state index contributed by atoms with van der Waals surface area (Å²) in [6.45, 7) is 3.99. The Morgan fingerprint density at radius 1 is 1.64 bits per heavy atom. The number of rotatable bonds is 1. The second-order valence-electron chi connectivity index (χ2n) is 2.62. The molecule has 0 aromatic carbocycles. The van der Waals surface area contributed by atoms with Crippen molar-refractivity contribution in [3.8, 4) is 0 Å². The van der Waals surface area contributed by atoms with E-state index in [1.54, 1.807) is 6.20 Å². The minimum Gasteiger partial charge on any atom is -0.324 e. The fourth-order valence-electron chi connectivity index (χ4n) is 1.08. The molecule has 0 radical (unpaired) electrons. The number of hydrogen-bond acceptors (Lipinski definition) is 2. The Kier molecular flexibility index (Phi) is 2.62. The number of aryl methyl sites for hydroxylation is 1. The summed E-state index contributed by atoms with van der Waals surface area (Å²) >= 11 is 3.36. The van der Waals surface area contributed by atoms with E-state index < -0.39 is 0 Å². The molecule has 0 aliphatic carbocycles. The molecule has 1 aromatic rings. The maximum atomic E-state index is 5.75. The average molecular weight is 215 g/mol. The lowest BCUT2D eigenvalue weighted by atomic mass is 10.1. The topological polar surface area (TPSA) is 38.9 Å². The van der Waals surface area contributed by atoms with E-state index in [9.17, 15) is 0 Å². The van der Waals surface area contributed by atoms with Crippen LogP contribution in [0, 0.1) is 6.92 Å². The molecule has 11 heavy (non-hydrogen) atoms. The van der Waals surface area contributed by atoms with Gasteiger partial charge >= 0.3 is 0 Å². The molecule has 0 unspecified atom stereocenters. The van der Waals surface area contributed by atoms with Crippen LogP contribution in [0.2, 0.25) is 0 Å². The number of nitrogens with two attached hydrogens (primary N) is 1. The van der Waals surface area contributed by atoms with Gasteiger partial charge in [-0.2, -0.15) is 0 Å². The van der Waals surface area contributed by atoms with Crippen LogP contribution in [0.25, 0.3) is 0 Å². The molecule has 1 rings (SSSR count). The Morgan fingerprint density at radius 2 is 2.27 bits per heavy atom. The summed E-state index contributed by atoms with van der Waals surface area (Å²) in [6, 6.07) is 2.00. The number of hydrogen-bond donors (Lipinski definition) is 1. The SMILES string of the molecule is Cc1ccnc(Br)c1[C@@H](C)N. The summed E-state index contributed by atoms with van der Waals surface area (Å²) in [5.74, 6) is 0. The number of aromatic nitrogens is 1. The van der Waals surface area contributed by atoms with E-state index in [2.05, 4.69) is 20.9 Å². The van der Waals surface area contributed by atoms with E-state index in [1.165, 1.54) is 5.56 Å². The average Bonchev–Trinajstić information content (AvgIpc) is 1.85. The Bertz CT molecular complexity index is 238. The van der Waals surface area contributed by atoms with Gasteiger partial charge in [0, 0.05) is 17.8 Å². The maximum Gasteiger partial charge on any atom is 0.111 e. The highest BCUT2D eigenvalue weighted by Crippen LogP contribution is 2.22. The maximum absolute atomic E-state index is 5.75. The predicted octanol–water partition coefficient (Wildman–Crippen LogP) is 2.17. The Balaban J connectivity index is 3.21. The third-order valence-corrected chi connectivity index (χ3v) is 2.25. The van der Waals surface area contributed by atoms with Gasteiger partial charge in [-0.1, -0.05) is 0 Å². The first-order chi connectivity index (χ1) is 5.13. The van der Waals surface area contributed by atoms with Crippen LogP contribution >= 0.6 is 15.9 Å². The molecule has 0 saturated carbocycles. The van der Waals surface area contributed by atoms with Gasteiger partial charge in [0.15, 0.2) is 0 Å². The first-order valence-corrected chi connectivity index (χ1v) is 4.29. The van der Waals surface area contributed by atoms with E-state index in [4.69, 9.17) is 5.73 Å². The zero-order valence-corrected chi connectivity index (χ0v) is 8.22. The highest BCUT2D eigenvalue weighted by molar-refractivity contribution is 9.10. The van der Waals surface area contributed by atoms with Gasteiger partial charge in [-0.05, 0) is 41.4 Å². The molecule has 0 bridgehead atoms. The monoisotopic (exact) mass is 214 g/mol. The second-order valence-corrected chi connectivity index (χ2v) is 3.37. The van der Waals surface area contributed by atoms with Crippen molar-refractivity contribution in [2.75, 3.05) is 0 Å². The molecule has 60 valence electrons. The van der Waals surface area contributed by atoms with Crippen molar-refractivity contribution in [1.29, 1.82) is 0 Å². The van der Waals surface area contributed by atoms with Crippen LogP contribution in [0.5, 0.6) is 0 Å². The molecule has 1 atom stereocenters. The van der Waals surface area contributed by atoms with E-state index in [0.717, 1.165) is 10.2 Å². The van der Waals surface area contributed by atoms with Crippen LogP contribution in [0.15, 0.2) is 16.9 Å². The van der Waals surface area contributed by atoms with Gasteiger partial charge in [0.25, 0.3) is 0 Å². The van der Waals surface area contributed by atoms with Gasteiger partial charge in [0.05, 0.1) is 0 Å². The van der Waals surface area contributed by atoms with Crippen LogP contribution in [0.1, 0.15) is 24.1 Å². The highest BCUT2D eigenvalue weighted by atomic mass is 79.9. The van der Waals surface area contributed by atoms with Crippen molar-refractivity contribution in [3.05, 3.63) is 28.0 Å². The van der Waals surface area contributed by atoms with Crippen LogP contribution in [0.4, 0.5) is 0 Å². The second kappa shape index (κ2) is 3.32. The van der Waals surface area contributed by atoms with Gasteiger partial charge in [-0.15, -0.1) is 0 Å². The van der Waals surface area contributed by atoms with Crippen LogP contribution in [-0.4, -0.2) is 4.98 Å². The van der Waals surface area contributed by atoms with Crippen LogP contribution in [-0.2, 0) is 0 Å². The van der Waals surface area contributed by atoms with E-state index in [-0.39, 0.29) is 6.04 Å². The van der Waals surface area contributed by atoms with E-state index in [0.29, 0.717) is 0 Å². The molecular weight excluding hydrogens is 204 g/mol. The molecule has 1 aromatic heterocycles. The standard InChI is InChI=1S/C8H11BrN2/c1-5-3-4-11-8(9)7(5)6(2)10/h3-4,6H,10H2,1-2H3/t6-/m1/s1. The lowest BCUT2D eigenvalue weighted by Gasteiger charge is -2.10. The van der Waals surface area contributed by atoms with Gasteiger partial charge in [-0.3, -0.25) is 0 Å². The van der Waals surface area contributed by atoms with Crippen molar-refractivity contribution < 1.29 is 0 Å². The van der Waals surface area contributed by atoms with Gasteiger partial charge in [0.1, 0.15) is 4.60 Å². The van der Waals surface area contributed by atoms with E-state index >= 15 is 0 Å². The molecule has 0 fully saturated rings. The molecule has 0 saturated heterocycles.